The lowest BCUT2D eigenvalue weighted by Gasteiger charge is -2.36. The number of fused-ring (bicyclic) bond motifs is 1. The Bertz CT molecular complexity index is 2160. The number of pyridine rings is 1. The van der Waals surface area contributed by atoms with Crippen molar-refractivity contribution in [1.29, 1.82) is 0 Å². The number of nitrogens with zero attached hydrogens (tertiary/aromatic N) is 5. The Labute approximate surface area is 368 Å². The minimum absolute atomic E-state index is 0.0709. The molecule has 3 fully saturated rings. The van der Waals surface area contributed by atoms with E-state index in [2.05, 4.69) is 25.8 Å². The summed E-state index contributed by atoms with van der Waals surface area (Å²) < 4.78 is 0. The van der Waals surface area contributed by atoms with Crippen LogP contribution in [0.1, 0.15) is 114 Å². The van der Waals surface area contributed by atoms with Crippen molar-refractivity contribution in [3.63, 3.8) is 0 Å². The number of piperidine rings is 2. The van der Waals surface area contributed by atoms with E-state index in [1.807, 2.05) is 46.2 Å². The van der Waals surface area contributed by atoms with E-state index in [-0.39, 0.29) is 41.7 Å². The average molecular weight is 859 g/mol. The number of aromatic nitrogens is 1. The van der Waals surface area contributed by atoms with Crippen LogP contribution in [-0.4, -0.2) is 119 Å². The molecule has 2 aromatic carbocycles. The van der Waals surface area contributed by atoms with Gasteiger partial charge in [-0.15, -0.1) is 0 Å². The number of nitrogens with one attached hydrogen (secondary N) is 3. The lowest BCUT2D eigenvalue weighted by molar-refractivity contribution is -0.136. The summed E-state index contributed by atoms with van der Waals surface area (Å²) >= 11 is 0. The van der Waals surface area contributed by atoms with Crippen LogP contribution in [0.2, 0.25) is 0 Å². The first-order chi connectivity index (χ1) is 30.7. The van der Waals surface area contributed by atoms with E-state index in [0.717, 1.165) is 100 Å². The fraction of sp³-hybridized carbons (Fsp3) is 0.458. The molecule has 5 heterocycles. The highest BCUT2D eigenvalue weighted by Crippen LogP contribution is 2.32. The molecule has 4 aliphatic rings. The Hall–Kier alpha value is -6.38. The topological polar surface area (TPSA) is 181 Å². The fourth-order valence-electron chi connectivity index (χ4n) is 8.91. The maximum absolute atomic E-state index is 13.3. The first kappa shape index (κ1) is 44.7. The molecule has 3 saturated heterocycles. The maximum Gasteiger partial charge on any atom is 0.264 e. The van der Waals surface area contributed by atoms with Crippen LogP contribution in [0.15, 0.2) is 73.1 Å². The summed E-state index contributed by atoms with van der Waals surface area (Å²) in [7, 11) is 0. The predicted molar refractivity (Wildman–Crippen MR) is 239 cm³/mol. The molecule has 7 rings (SSSR count). The monoisotopic (exact) mass is 858 g/mol. The van der Waals surface area contributed by atoms with E-state index < -0.39 is 29.7 Å². The number of amides is 7. The molecular weight excluding hydrogens is 801 g/mol. The first-order valence-corrected chi connectivity index (χ1v) is 22.5. The Morgan fingerprint density at radius 1 is 0.762 bits per heavy atom. The molecule has 63 heavy (non-hydrogen) atoms. The molecule has 3 N–H and O–H groups in total. The number of piperazine rings is 1. The molecule has 15 heteroatoms. The van der Waals surface area contributed by atoms with Crippen molar-refractivity contribution in [2.45, 2.75) is 83.1 Å². The van der Waals surface area contributed by atoms with Crippen LogP contribution in [0.3, 0.4) is 0 Å². The number of likely N-dealkylation sites (tertiary alicyclic amines) is 1. The van der Waals surface area contributed by atoms with Crippen LogP contribution >= 0.6 is 0 Å². The number of carbonyl (C=O) groups is 7. The van der Waals surface area contributed by atoms with Gasteiger partial charge in [-0.05, 0) is 98.5 Å². The number of hydrogen-bond acceptors (Lipinski definition) is 10. The van der Waals surface area contributed by atoms with Crippen molar-refractivity contribution >= 4 is 58.8 Å². The van der Waals surface area contributed by atoms with E-state index >= 15 is 0 Å². The van der Waals surface area contributed by atoms with Crippen LogP contribution in [0.4, 0.5) is 11.4 Å². The standard InChI is InChI=1S/C48H58N8O7/c57-41(20-14-35-10-8-24-49-33-35)51-26-6-4-9-34-22-27-55(28-23-34)46(61)36-15-17-37(18-16-36)53-29-31-54(32-30-53)43(59)13-3-1-2-5-25-50-39-12-7-11-38-44(39)48(63)56(47(38)62)40-19-21-42(58)52-45(40)60/h7-8,10-12,14-18,20,24,33-34,40,50H,1-6,9,13,19,21-23,25-32H2,(H,51,57)(H,52,58,60)/b20-14+. The molecule has 15 nitrogen and oxygen atoms in total. The molecule has 0 radical (unpaired) electrons. The number of unbranched alkanes of at least 4 members (excludes halogenated alkanes) is 4. The van der Waals surface area contributed by atoms with Gasteiger partial charge in [0.15, 0.2) is 0 Å². The van der Waals surface area contributed by atoms with Crippen molar-refractivity contribution < 1.29 is 33.6 Å². The molecule has 0 aliphatic carbocycles. The smallest absolute Gasteiger partial charge is 0.264 e. The second kappa shape index (κ2) is 21.6. The Balaban J connectivity index is 0.734. The summed E-state index contributed by atoms with van der Waals surface area (Å²) in [5.74, 6) is -1.37. The summed E-state index contributed by atoms with van der Waals surface area (Å²) in [6.45, 7) is 5.52. The van der Waals surface area contributed by atoms with E-state index in [9.17, 15) is 33.6 Å². The minimum atomic E-state index is -1.00. The molecule has 0 bridgehead atoms. The van der Waals surface area contributed by atoms with Gasteiger partial charge in [0.1, 0.15) is 6.04 Å². The maximum atomic E-state index is 13.3. The molecule has 0 spiro atoms. The molecule has 1 atom stereocenters. The van der Waals surface area contributed by atoms with Crippen molar-refractivity contribution in [2.75, 3.05) is 62.6 Å². The lowest BCUT2D eigenvalue weighted by Crippen LogP contribution is -2.54. The number of carbonyl (C=O) groups excluding carboxylic acids is 7. The van der Waals surface area contributed by atoms with E-state index in [1.165, 1.54) is 0 Å². The van der Waals surface area contributed by atoms with Crippen LogP contribution < -0.4 is 20.9 Å². The molecule has 0 saturated carbocycles. The van der Waals surface area contributed by atoms with E-state index in [1.54, 1.807) is 42.7 Å². The highest BCUT2D eigenvalue weighted by atomic mass is 16.2. The van der Waals surface area contributed by atoms with Gasteiger partial charge in [-0.3, -0.25) is 48.8 Å². The number of rotatable bonds is 18. The van der Waals surface area contributed by atoms with Crippen molar-refractivity contribution in [1.82, 2.24) is 30.3 Å². The van der Waals surface area contributed by atoms with Gasteiger partial charge in [0.25, 0.3) is 17.7 Å². The van der Waals surface area contributed by atoms with Gasteiger partial charge in [-0.2, -0.15) is 0 Å². The summed E-state index contributed by atoms with van der Waals surface area (Å²) in [6, 6.07) is 15.6. The zero-order chi connectivity index (χ0) is 44.1. The third-order valence-corrected chi connectivity index (χ3v) is 12.6. The van der Waals surface area contributed by atoms with Crippen molar-refractivity contribution in [3.8, 4) is 0 Å². The first-order valence-electron chi connectivity index (χ1n) is 22.5. The van der Waals surface area contributed by atoms with Crippen molar-refractivity contribution in [2.24, 2.45) is 5.92 Å². The highest BCUT2D eigenvalue weighted by molar-refractivity contribution is 6.25. The predicted octanol–water partition coefficient (Wildman–Crippen LogP) is 5.05. The Morgan fingerprint density at radius 2 is 1.52 bits per heavy atom. The summed E-state index contributed by atoms with van der Waals surface area (Å²) in [5.41, 5.74) is 3.68. The van der Waals surface area contributed by atoms with Gasteiger partial charge in [0.05, 0.1) is 11.1 Å². The molecule has 4 aliphatic heterocycles. The fourth-order valence-corrected chi connectivity index (χ4v) is 8.91. The van der Waals surface area contributed by atoms with Crippen LogP contribution in [-0.2, 0) is 19.2 Å². The minimum Gasteiger partial charge on any atom is -0.384 e. The van der Waals surface area contributed by atoms with Gasteiger partial charge in [-0.1, -0.05) is 37.8 Å². The summed E-state index contributed by atoms with van der Waals surface area (Å²) in [6.07, 6.45) is 15.8. The lowest BCUT2D eigenvalue weighted by atomic mass is 9.91. The van der Waals surface area contributed by atoms with E-state index in [4.69, 9.17) is 0 Å². The van der Waals surface area contributed by atoms with E-state index in [0.29, 0.717) is 49.8 Å². The van der Waals surface area contributed by atoms with Gasteiger partial charge in [-0.25, -0.2) is 0 Å². The van der Waals surface area contributed by atoms with Crippen LogP contribution in [0.5, 0.6) is 0 Å². The van der Waals surface area contributed by atoms with Gasteiger partial charge in [0.2, 0.25) is 23.6 Å². The summed E-state index contributed by atoms with van der Waals surface area (Å²) in [5, 5.41) is 8.46. The molecule has 3 aromatic rings. The average Bonchev–Trinajstić information content (AvgIpc) is 3.56. The highest BCUT2D eigenvalue weighted by Gasteiger charge is 2.45. The largest absolute Gasteiger partial charge is 0.384 e. The van der Waals surface area contributed by atoms with Gasteiger partial charge in [0, 0.05) is 101 Å². The van der Waals surface area contributed by atoms with Crippen molar-refractivity contribution in [3.05, 3.63) is 95.3 Å². The Morgan fingerprint density at radius 3 is 2.27 bits per heavy atom. The number of anilines is 2. The number of imide groups is 2. The zero-order valence-corrected chi connectivity index (χ0v) is 35.9. The number of benzene rings is 2. The molecule has 332 valence electrons. The quantitative estimate of drug-likeness (QED) is 0.0891. The second-order valence-corrected chi connectivity index (χ2v) is 16.8. The molecule has 1 aromatic heterocycles. The second-order valence-electron chi connectivity index (χ2n) is 16.8. The third kappa shape index (κ3) is 11.6. The molecular formula is C48H58N8O7. The van der Waals surface area contributed by atoms with Crippen LogP contribution in [0.25, 0.3) is 6.08 Å². The Kier molecular flexibility index (Phi) is 15.3. The van der Waals surface area contributed by atoms with Crippen LogP contribution in [0, 0.1) is 5.92 Å². The molecule has 7 amide bonds. The summed E-state index contributed by atoms with van der Waals surface area (Å²) in [4.78, 5) is 100. The zero-order valence-electron chi connectivity index (χ0n) is 35.9. The molecule has 1 unspecified atom stereocenters. The third-order valence-electron chi connectivity index (χ3n) is 12.6. The van der Waals surface area contributed by atoms with Gasteiger partial charge >= 0.3 is 0 Å². The van der Waals surface area contributed by atoms with Gasteiger partial charge < -0.3 is 25.3 Å². The normalized spacial score (nSPS) is 18.2. The SMILES string of the molecule is O=C(/C=C/c1cccnc1)NCCCCC1CCN(C(=O)c2ccc(N3CCN(C(=O)CCCCCCNc4cccc5c4C(=O)N(C4CCC(=O)NC4=O)C5=O)CC3)cc2)CC1. The number of hydrogen-bond donors (Lipinski definition) is 3.